The highest BCUT2D eigenvalue weighted by atomic mass is 28.1. The van der Waals surface area contributed by atoms with Crippen LogP contribution in [0.5, 0.6) is 0 Å². The van der Waals surface area contributed by atoms with Gasteiger partial charge in [-0.05, 0) is 0 Å². The fourth-order valence-corrected chi connectivity index (χ4v) is 1.06. The van der Waals surface area contributed by atoms with E-state index in [1.165, 1.54) is 29.1 Å². The van der Waals surface area contributed by atoms with Gasteiger partial charge in [-0.3, -0.25) is 14.1 Å². The van der Waals surface area contributed by atoms with Crippen molar-refractivity contribution < 1.29 is 14.1 Å². The van der Waals surface area contributed by atoms with E-state index in [1.54, 1.807) is 0 Å². The summed E-state index contributed by atoms with van der Waals surface area (Å²) < 4.78 is 0. The lowest BCUT2D eigenvalue weighted by Crippen LogP contribution is -1.63. The number of hydrogen-bond acceptors (Lipinski definition) is 0. The number of unbranched alkanes of at least 4 members (excludes halogenated alkanes) is 1. The SMILES string of the molecule is CCCC[SiH3].F.F.F.[B]. The van der Waals surface area contributed by atoms with Crippen LogP contribution >= 0.6 is 0 Å². The fraction of sp³-hybridized carbons (Fsp3) is 1.00. The maximum Gasteiger partial charge on any atom is 0.00279 e. The molecule has 0 heterocycles. The van der Waals surface area contributed by atoms with Gasteiger partial charge in [-0.1, -0.05) is 25.8 Å². The molecule has 0 spiro atoms. The van der Waals surface area contributed by atoms with E-state index in [-0.39, 0.29) is 22.5 Å². The van der Waals surface area contributed by atoms with Gasteiger partial charge in [0, 0.05) is 18.7 Å². The molecule has 0 bridgehead atoms. The largest absolute Gasteiger partial charge is 0.269 e. The lowest BCUT2D eigenvalue weighted by Gasteiger charge is -1.79. The molecule has 9 heavy (non-hydrogen) atoms. The van der Waals surface area contributed by atoms with Crippen molar-refractivity contribution in [3.05, 3.63) is 0 Å². The topological polar surface area (TPSA) is 0 Å². The molecule has 0 saturated carbocycles. The van der Waals surface area contributed by atoms with Gasteiger partial charge in [-0.25, -0.2) is 0 Å². The first-order valence-electron chi connectivity index (χ1n) is 2.41. The second kappa shape index (κ2) is 42.8. The third-order valence-electron chi connectivity index (χ3n) is 0.707. The molecule has 0 amide bonds. The minimum absolute atomic E-state index is 0. The Labute approximate surface area is 59.5 Å². The molecule has 0 aliphatic carbocycles. The van der Waals surface area contributed by atoms with Gasteiger partial charge in [0.25, 0.3) is 0 Å². The summed E-state index contributed by atoms with van der Waals surface area (Å²) in [5.74, 6) is 0. The average molecular weight is 159 g/mol. The Balaban J connectivity index is -0.0000000133. The molecular weight excluding hydrogens is 144 g/mol. The molecule has 0 fully saturated rings. The third-order valence-corrected chi connectivity index (χ3v) is 1.41. The van der Waals surface area contributed by atoms with E-state index in [9.17, 15) is 0 Å². The molecule has 0 aliphatic heterocycles. The van der Waals surface area contributed by atoms with Gasteiger partial charge in [0.15, 0.2) is 0 Å². The van der Waals surface area contributed by atoms with Crippen molar-refractivity contribution in [3.8, 4) is 0 Å². The highest BCUT2D eigenvalue weighted by molar-refractivity contribution is 6.08. The summed E-state index contributed by atoms with van der Waals surface area (Å²) in [5, 5.41) is 0. The van der Waals surface area contributed by atoms with Crippen LogP contribution < -0.4 is 0 Å². The Hall–Kier alpha value is 0.0718. The standard InChI is InChI=1S/C4H12Si.B.3FH/c1-2-3-4-5;;;;/h2-4H2,1,5H3;;3*1H. The summed E-state index contributed by atoms with van der Waals surface area (Å²) in [6, 6.07) is 1.48. The molecule has 0 atom stereocenters. The van der Waals surface area contributed by atoms with Crippen LogP contribution in [-0.4, -0.2) is 18.7 Å². The third kappa shape index (κ3) is 69.3. The number of halogens is 3. The van der Waals surface area contributed by atoms with Crippen LogP contribution in [0.25, 0.3) is 0 Å². The summed E-state index contributed by atoms with van der Waals surface area (Å²) in [6.07, 6.45) is 2.83. The predicted octanol–water partition coefficient (Wildman–Crippen LogP) is 0.647. The van der Waals surface area contributed by atoms with E-state index in [0.29, 0.717) is 0 Å². The zero-order chi connectivity index (χ0) is 4.12. The molecule has 0 unspecified atom stereocenters. The average Bonchev–Trinajstić information content (AvgIpc) is 1.41. The van der Waals surface area contributed by atoms with Gasteiger partial charge >= 0.3 is 0 Å². The molecule has 0 aromatic heterocycles. The van der Waals surface area contributed by atoms with Gasteiger partial charge in [0.05, 0.1) is 0 Å². The van der Waals surface area contributed by atoms with Crippen molar-refractivity contribution in [1.82, 2.24) is 0 Å². The molecule has 0 aromatic carbocycles. The van der Waals surface area contributed by atoms with Gasteiger partial charge in [0.1, 0.15) is 0 Å². The van der Waals surface area contributed by atoms with Crippen LogP contribution in [-0.2, 0) is 0 Å². The smallest absolute Gasteiger partial charge is 0.00279 e. The van der Waals surface area contributed by atoms with Crippen LogP contribution in [0.1, 0.15) is 19.8 Å². The van der Waals surface area contributed by atoms with Crippen molar-refractivity contribution in [2.24, 2.45) is 0 Å². The summed E-state index contributed by atoms with van der Waals surface area (Å²) >= 11 is 0. The van der Waals surface area contributed by atoms with E-state index in [2.05, 4.69) is 6.92 Å². The molecule has 5 heteroatoms. The zero-order valence-corrected chi connectivity index (χ0v) is 7.92. The Morgan fingerprint density at radius 2 is 1.44 bits per heavy atom. The summed E-state index contributed by atoms with van der Waals surface area (Å²) in [5.41, 5.74) is 0. The number of rotatable bonds is 2. The first-order valence-corrected chi connectivity index (χ1v) is 3.83. The van der Waals surface area contributed by atoms with Gasteiger partial charge in [-0.15, -0.1) is 0 Å². The van der Waals surface area contributed by atoms with Gasteiger partial charge in [0.2, 0.25) is 0 Å². The quantitative estimate of drug-likeness (QED) is 0.519. The molecule has 0 saturated heterocycles. The van der Waals surface area contributed by atoms with Crippen molar-refractivity contribution in [2.75, 3.05) is 0 Å². The van der Waals surface area contributed by atoms with Crippen LogP contribution in [0, 0.1) is 0 Å². The molecule has 59 valence electrons. The number of hydrogen-bond donors (Lipinski definition) is 0. The van der Waals surface area contributed by atoms with Crippen molar-refractivity contribution in [3.63, 3.8) is 0 Å². The molecule has 0 aliphatic rings. The minimum Gasteiger partial charge on any atom is -0.269 e. The van der Waals surface area contributed by atoms with Gasteiger partial charge in [-0.2, -0.15) is 0 Å². The molecule has 0 nitrogen and oxygen atoms in total. The zero-order valence-electron chi connectivity index (χ0n) is 5.92. The lowest BCUT2D eigenvalue weighted by atomic mass is 10.4. The highest BCUT2D eigenvalue weighted by Gasteiger charge is 1.68. The van der Waals surface area contributed by atoms with Crippen molar-refractivity contribution in [2.45, 2.75) is 25.8 Å². The van der Waals surface area contributed by atoms with E-state index >= 15 is 0 Å². The molecule has 3 radical (unpaired) electrons. The van der Waals surface area contributed by atoms with E-state index < -0.39 is 0 Å². The minimum atomic E-state index is 0. The van der Waals surface area contributed by atoms with Crippen LogP contribution in [0.4, 0.5) is 14.1 Å². The molecular formula is C4H15BF3Si. The van der Waals surface area contributed by atoms with Crippen LogP contribution in [0.2, 0.25) is 6.04 Å². The Morgan fingerprint density at radius 3 is 1.44 bits per heavy atom. The summed E-state index contributed by atoms with van der Waals surface area (Å²) in [4.78, 5) is 0. The fourth-order valence-electron chi connectivity index (χ4n) is 0.354. The Morgan fingerprint density at radius 1 is 1.11 bits per heavy atom. The Kier molecular flexibility index (Phi) is 169. The second-order valence-corrected chi connectivity index (χ2v) is 2.35. The molecule has 0 aromatic rings. The predicted molar refractivity (Wildman–Crippen MR) is 42.9 cm³/mol. The molecule has 0 rings (SSSR count). The van der Waals surface area contributed by atoms with E-state index in [0.717, 1.165) is 0 Å². The van der Waals surface area contributed by atoms with Crippen LogP contribution in [0.15, 0.2) is 0 Å². The van der Waals surface area contributed by atoms with Gasteiger partial charge < -0.3 is 0 Å². The maximum absolute atomic E-state index is 2.23. The summed E-state index contributed by atoms with van der Waals surface area (Å²) in [7, 11) is 1.40. The van der Waals surface area contributed by atoms with E-state index in [1.807, 2.05) is 0 Å². The highest BCUT2D eigenvalue weighted by Crippen LogP contribution is 1.86. The lowest BCUT2D eigenvalue weighted by molar-refractivity contribution is 0.884. The Bertz CT molecular complexity index is 23.3. The van der Waals surface area contributed by atoms with Crippen LogP contribution in [0.3, 0.4) is 0 Å². The first kappa shape index (κ1) is 35.7. The molecule has 0 N–H and O–H groups in total. The first-order chi connectivity index (χ1) is 2.41. The van der Waals surface area contributed by atoms with Crippen molar-refractivity contribution in [1.29, 1.82) is 0 Å². The maximum atomic E-state index is 2.23. The monoisotopic (exact) mass is 159 g/mol. The normalized spacial score (nSPS) is 5.00. The second-order valence-electron chi connectivity index (χ2n) is 1.35. The summed E-state index contributed by atoms with van der Waals surface area (Å²) in [6.45, 7) is 2.23. The van der Waals surface area contributed by atoms with Crippen molar-refractivity contribution >= 4 is 18.7 Å². The van der Waals surface area contributed by atoms with E-state index in [4.69, 9.17) is 0 Å².